The topological polar surface area (TPSA) is 105 Å². The third kappa shape index (κ3) is 2.17. The van der Waals surface area contributed by atoms with Gasteiger partial charge in [0, 0.05) is 23.5 Å². The van der Waals surface area contributed by atoms with Crippen LogP contribution in [0, 0.1) is 5.92 Å². The van der Waals surface area contributed by atoms with E-state index < -0.39 is 33.6 Å². The third-order valence-electron chi connectivity index (χ3n) is 4.96. The average molecular weight is 349 g/mol. The van der Waals surface area contributed by atoms with Gasteiger partial charge in [-0.15, -0.1) is 0 Å². The number of sulfonamides is 1. The molecule has 0 radical (unpaired) electrons. The van der Waals surface area contributed by atoms with E-state index in [1.54, 1.807) is 0 Å². The molecule has 1 aromatic heterocycles. The van der Waals surface area contributed by atoms with Crippen molar-refractivity contribution in [3.63, 3.8) is 0 Å². The minimum Gasteiger partial charge on any atom is -0.481 e. The number of carboxylic acids is 1. The predicted octanol–water partition coefficient (Wildman–Crippen LogP) is 1.42. The van der Waals surface area contributed by atoms with E-state index in [2.05, 4.69) is 0 Å². The maximum atomic E-state index is 13.0. The van der Waals surface area contributed by atoms with Crippen molar-refractivity contribution in [1.82, 2.24) is 4.31 Å². The molecule has 8 heteroatoms. The van der Waals surface area contributed by atoms with E-state index in [1.807, 2.05) is 0 Å². The number of nitrogens with zero attached hydrogens (tertiary/aromatic N) is 1. The Morgan fingerprint density at radius 3 is 2.71 bits per heavy atom. The van der Waals surface area contributed by atoms with Crippen LogP contribution in [0.4, 0.5) is 0 Å². The molecule has 3 heterocycles. The first-order valence-electron chi connectivity index (χ1n) is 7.68. The summed E-state index contributed by atoms with van der Waals surface area (Å²) in [6.45, 7) is 0. The van der Waals surface area contributed by atoms with Gasteiger partial charge in [-0.05, 0) is 43.5 Å². The van der Waals surface area contributed by atoms with E-state index in [4.69, 9.17) is 4.42 Å². The van der Waals surface area contributed by atoms with Crippen LogP contribution in [0.5, 0.6) is 0 Å². The highest BCUT2D eigenvalue weighted by Crippen LogP contribution is 2.45. The van der Waals surface area contributed by atoms with Crippen molar-refractivity contribution in [3.05, 3.63) is 40.8 Å². The molecule has 0 amide bonds. The Hall–Kier alpha value is -2.19. The van der Waals surface area contributed by atoms with Crippen LogP contribution in [0.1, 0.15) is 19.3 Å². The first-order chi connectivity index (χ1) is 11.4. The Morgan fingerprint density at radius 1 is 1.21 bits per heavy atom. The summed E-state index contributed by atoms with van der Waals surface area (Å²) in [5, 5.41) is 9.80. The van der Waals surface area contributed by atoms with Gasteiger partial charge in [0.1, 0.15) is 5.58 Å². The normalized spacial score (nSPS) is 26.9. The summed E-state index contributed by atoms with van der Waals surface area (Å²) in [5.41, 5.74) is -0.186. The summed E-state index contributed by atoms with van der Waals surface area (Å²) in [5.74, 6) is -1.58. The van der Waals surface area contributed by atoms with Crippen LogP contribution in [0.2, 0.25) is 0 Å². The molecule has 2 saturated heterocycles. The maximum Gasteiger partial charge on any atom is 0.336 e. The van der Waals surface area contributed by atoms with Gasteiger partial charge >= 0.3 is 11.6 Å². The molecule has 0 saturated carbocycles. The standard InChI is InChI=1S/C16H15NO6S/c18-15-6-1-9-7-11(3-5-14(9)23-15)24(21,22)17-10-2-4-13(17)12(8-10)16(19)20/h1,3,5-7,10,12-13H,2,4,8H2,(H,19,20). The number of fused-ring (bicyclic) bond motifs is 3. The molecule has 2 aliphatic rings. The van der Waals surface area contributed by atoms with Crippen LogP contribution in [-0.4, -0.2) is 35.9 Å². The van der Waals surface area contributed by atoms with Crippen LogP contribution in [0.15, 0.2) is 44.4 Å². The monoisotopic (exact) mass is 349 g/mol. The number of benzene rings is 1. The lowest BCUT2D eigenvalue weighted by Gasteiger charge is -2.22. The SMILES string of the molecule is O=C(O)C1CC2CCC1N2S(=O)(=O)c1ccc2oc(=O)ccc2c1. The summed E-state index contributed by atoms with van der Waals surface area (Å²) in [6, 6.07) is 6.32. The van der Waals surface area contributed by atoms with Crippen LogP contribution in [0.3, 0.4) is 0 Å². The Bertz CT molecular complexity index is 995. The minimum atomic E-state index is -3.79. The lowest BCUT2D eigenvalue weighted by Crippen LogP contribution is -2.37. The quantitative estimate of drug-likeness (QED) is 0.840. The first-order valence-corrected chi connectivity index (χ1v) is 9.12. The predicted molar refractivity (Wildman–Crippen MR) is 84.1 cm³/mol. The highest BCUT2D eigenvalue weighted by atomic mass is 32.2. The Labute approximate surface area is 137 Å². The molecule has 7 nitrogen and oxygen atoms in total. The van der Waals surface area contributed by atoms with E-state index >= 15 is 0 Å². The van der Waals surface area contributed by atoms with Crippen LogP contribution >= 0.6 is 0 Å². The smallest absolute Gasteiger partial charge is 0.336 e. The van der Waals surface area contributed by atoms with Crippen molar-refractivity contribution in [3.8, 4) is 0 Å². The van der Waals surface area contributed by atoms with Gasteiger partial charge in [0.25, 0.3) is 0 Å². The zero-order valence-electron chi connectivity index (χ0n) is 12.6. The second-order valence-electron chi connectivity index (χ2n) is 6.27. The second kappa shape index (κ2) is 5.15. The van der Waals surface area contributed by atoms with Crippen LogP contribution in [-0.2, 0) is 14.8 Å². The minimum absolute atomic E-state index is 0.0896. The van der Waals surface area contributed by atoms with Gasteiger partial charge in [0.15, 0.2) is 0 Å². The number of hydrogen-bond donors (Lipinski definition) is 1. The highest BCUT2D eigenvalue weighted by Gasteiger charge is 2.54. The molecule has 24 heavy (non-hydrogen) atoms. The summed E-state index contributed by atoms with van der Waals surface area (Å²) in [6.07, 6.45) is 1.63. The zero-order chi connectivity index (χ0) is 17.1. The molecule has 126 valence electrons. The molecule has 3 atom stereocenters. The van der Waals surface area contributed by atoms with E-state index in [0.29, 0.717) is 30.2 Å². The molecule has 4 rings (SSSR count). The van der Waals surface area contributed by atoms with E-state index in [-0.39, 0.29) is 10.9 Å². The molecule has 0 spiro atoms. The molecule has 1 N–H and O–H groups in total. The molecule has 2 fully saturated rings. The number of rotatable bonds is 3. The fourth-order valence-electron chi connectivity index (χ4n) is 3.91. The van der Waals surface area contributed by atoms with Gasteiger partial charge in [-0.25, -0.2) is 13.2 Å². The third-order valence-corrected chi connectivity index (χ3v) is 6.93. The van der Waals surface area contributed by atoms with Crippen molar-refractivity contribution in [2.75, 3.05) is 0 Å². The Balaban J connectivity index is 1.77. The highest BCUT2D eigenvalue weighted by molar-refractivity contribution is 7.89. The largest absolute Gasteiger partial charge is 0.481 e. The van der Waals surface area contributed by atoms with Crippen LogP contribution in [0.25, 0.3) is 11.0 Å². The van der Waals surface area contributed by atoms with E-state index in [1.165, 1.54) is 34.6 Å². The second-order valence-corrected chi connectivity index (χ2v) is 8.11. The number of aliphatic carboxylic acids is 1. The average Bonchev–Trinajstić information content (AvgIpc) is 3.13. The lowest BCUT2D eigenvalue weighted by molar-refractivity contribution is -0.142. The maximum absolute atomic E-state index is 13.0. The van der Waals surface area contributed by atoms with Gasteiger partial charge in [-0.3, -0.25) is 4.79 Å². The fraction of sp³-hybridized carbons (Fsp3) is 0.375. The number of carboxylic acid groups (broad SMARTS) is 1. The fourth-order valence-corrected chi connectivity index (χ4v) is 5.86. The van der Waals surface area contributed by atoms with Crippen molar-refractivity contribution in [1.29, 1.82) is 0 Å². The molecule has 2 aliphatic heterocycles. The summed E-state index contributed by atoms with van der Waals surface area (Å²) >= 11 is 0. The van der Waals surface area contributed by atoms with Crippen molar-refractivity contribution in [2.24, 2.45) is 5.92 Å². The zero-order valence-corrected chi connectivity index (χ0v) is 13.4. The van der Waals surface area contributed by atoms with Gasteiger partial charge < -0.3 is 9.52 Å². The van der Waals surface area contributed by atoms with E-state index in [9.17, 15) is 23.1 Å². The molecule has 2 aromatic rings. The van der Waals surface area contributed by atoms with Gasteiger partial charge in [0.05, 0.1) is 10.8 Å². The molecule has 0 aliphatic carbocycles. The number of carbonyl (C=O) groups is 1. The summed E-state index contributed by atoms with van der Waals surface area (Å²) < 4.78 is 32.4. The van der Waals surface area contributed by atoms with Gasteiger partial charge in [-0.1, -0.05) is 0 Å². The molecule has 1 aromatic carbocycles. The van der Waals surface area contributed by atoms with Gasteiger partial charge in [-0.2, -0.15) is 4.31 Å². The Morgan fingerprint density at radius 2 is 2.00 bits per heavy atom. The molecular formula is C16H15NO6S. The summed E-state index contributed by atoms with van der Waals surface area (Å²) in [7, 11) is -3.79. The van der Waals surface area contributed by atoms with E-state index in [0.717, 1.165) is 0 Å². The van der Waals surface area contributed by atoms with Crippen LogP contribution < -0.4 is 5.63 Å². The molecule has 3 unspecified atom stereocenters. The first kappa shape index (κ1) is 15.3. The Kier molecular flexibility index (Phi) is 3.29. The lowest BCUT2D eigenvalue weighted by atomic mass is 9.89. The van der Waals surface area contributed by atoms with Gasteiger partial charge in [0.2, 0.25) is 10.0 Å². The van der Waals surface area contributed by atoms with Crippen molar-refractivity contribution < 1.29 is 22.7 Å². The van der Waals surface area contributed by atoms with Crippen molar-refractivity contribution >= 4 is 27.0 Å². The molecular weight excluding hydrogens is 334 g/mol. The van der Waals surface area contributed by atoms with Crippen molar-refractivity contribution in [2.45, 2.75) is 36.2 Å². The molecule has 2 bridgehead atoms. The summed E-state index contributed by atoms with van der Waals surface area (Å²) in [4.78, 5) is 22.7. The number of hydrogen-bond acceptors (Lipinski definition) is 5.